The van der Waals surface area contributed by atoms with Gasteiger partial charge in [0.15, 0.2) is 0 Å². The number of rotatable bonds is 11. The van der Waals surface area contributed by atoms with Crippen molar-refractivity contribution in [1.82, 2.24) is 4.23 Å². The van der Waals surface area contributed by atoms with Gasteiger partial charge in [-0.3, -0.25) is 0 Å². The van der Waals surface area contributed by atoms with Crippen LogP contribution in [0.1, 0.15) is 34.1 Å². The highest BCUT2D eigenvalue weighted by Gasteiger charge is 2.55. The van der Waals surface area contributed by atoms with Crippen LogP contribution in [-0.2, 0) is 13.3 Å². The zero-order valence-electron chi connectivity index (χ0n) is 16.6. The number of hydrogen-bond donors (Lipinski definition) is 0. The average molecular weight is 366 g/mol. The fraction of sp³-hybridized carbons (Fsp3) is 1.00. The highest BCUT2D eigenvalue weighted by Crippen LogP contribution is 2.31. The SMILES string of the molecule is CCO[Si](OCC)(OCC)C(CC)N([Si](C)(C)C)[Si](C)(C)C. The van der Waals surface area contributed by atoms with Gasteiger partial charge in [0.25, 0.3) is 0 Å². The van der Waals surface area contributed by atoms with Crippen LogP contribution >= 0.6 is 0 Å². The third-order valence-corrected chi connectivity index (χ3v) is 15.2. The standard InChI is InChI=1S/C15H39NO3Si3/c1-11-15(16(20(5,6)7)21(8,9)10)22(17-12-2,18-13-3)19-14-4/h15H,11-14H2,1-10H3. The molecular formula is C15H39NO3Si3. The molecule has 134 valence electrons. The van der Waals surface area contributed by atoms with Crippen LogP contribution in [0.3, 0.4) is 0 Å². The second-order valence-electron chi connectivity index (χ2n) is 7.54. The van der Waals surface area contributed by atoms with E-state index in [1.165, 1.54) is 0 Å². The molecule has 0 heterocycles. The zero-order chi connectivity index (χ0) is 17.6. The molecule has 0 bridgehead atoms. The molecule has 0 aliphatic carbocycles. The lowest BCUT2D eigenvalue weighted by atomic mass is 10.5. The summed E-state index contributed by atoms with van der Waals surface area (Å²) in [4.78, 5) is 0. The Morgan fingerprint density at radius 3 is 1.18 bits per heavy atom. The number of nitrogens with zero attached hydrogens (tertiary/aromatic N) is 1. The van der Waals surface area contributed by atoms with Gasteiger partial charge in [0.2, 0.25) is 0 Å². The van der Waals surface area contributed by atoms with Crippen LogP contribution in [0.15, 0.2) is 0 Å². The molecule has 0 saturated heterocycles. The minimum atomic E-state index is -2.71. The van der Waals surface area contributed by atoms with Gasteiger partial charge in [0.05, 0.1) is 5.67 Å². The molecule has 0 rings (SSSR count). The monoisotopic (exact) mass is 365 g/mol. The second-order valence-corrected chi connectivity index (χ2v) is 20.4. The molecule has 0 radical (unpaired) electrons. The van der Waals surface area contributed by atoms with Crippen LogP contribution in [0.2, 0.25) is 39.3 Å². The molecule has 0 aliphatic heterocycles. The molecule has 4 nitrogen and oxygen atoms in total. The van der Waals surface area contributed by atoms with E-state index in [0.29, 0.717) is 19.8 Å². The Kier molecular flexibility index (Phi) is 9.30. The van der Waals surface area contributed by atoms with Crippen molar-refractivity contribution >= 4 is 25.3 Å². The summed E-state index contributed by atoms with van der Waals surface area (Å²) in [5.74, 6) is 0. The van der Waals surface area contributed by atoms with Crippen molar-refractivity contribution in [2.75, 3.05) is 19.8 Å². The maximum absolute atomic E-state index is 6.23. The van der Waals surface area contributed by atoms with E-state index in [0.717, 1.165) is 6.42 Å². The van der Waals surface area contributed by atoms with Crippen molar-refractivity contribution in [3.63, 3.8) is 0 Å². The van der Waals surface area contributed by atoms with Gasteiger partial charge in [-0.1, -0.05) is 46.2 Å². The summed E-state index contributed by atoms with van der Waals surface area (Å²) < 4.78 is 21.5. The molecule has 1 atom stereocenters. The molecule has 0 fully saturated rings. The predicted molar refractivity (Wildman–Crippen MR) is 103 cm³/mol. The lowest BCUT2D eigenvalue weighted by Gasteiger charge is -2.52. The Morgan fingerprint density at radius 1 is 0.682 bits per heavy atom. The van der Waals surface area contributed by atoms with Crippen molar-refractivity contribution in [3.8, 4) is 0 Å². The van der Waals surface area contributed by atoms with Gasteiger partial charge in [0, 0.05) is 19.8 Å². The molecule has 0 aromatic carbocycles. The predicted octanol–water partition coefficient (Wildman–Crippen LogP) is 4.32. The molecule has 0 aliphatic rings. The van der Waals surface area contributed by atoms with E-state index in [1.807, 2.05) is 20.8 Å². The lowest BCUT2D eigenvalue weighted by molar-refractivity contribution is 0.0522. The van der Waals surface area contributed by atoms with Crippen molar-refractivity contribution in [2.24, 2.45) is 0 Å². The highest BCUT2D eigenvalue weighted by molar-refractivity contribution is 6.91. The quantitative estimate of drug-likeness (QED) is 0.510. The summed E-state index contributed by atoms with van der Waals surface area (Å²) in [7, 11) is -5.74. The number of hydrogen-bond acceptors (Lipinski definition) is 4. The molecule has 1 unspecified atom stereocenters. The minimum absolute atomic E-state index is 0.269. The summed E-state index contributed by atoms with van der Waals surface area (Å²) in [5.41, 5.74) is 0.269. The van der Waals surface area contributed by atoms with Gasteiger partial charge < -0.3 is 17.5 Å². The third-order valence-electron chi connectivity index (χ3n) is 3.59. The van der Waals surface area contributed by atoms with Crippen LogP contribution in [0.4, 0.5) is 0 Å². The molecule has 0 aromatic rings. The van der Waals surface area contributed by atoms with Gasteiger partial charge in [0.1, 0.15) is 16.5 Å². The van der Waals surface area contributed by atoms with Crippen LogP contribution in [-0.4, -0.2) is 55.0 Å². The van der Waals surface area contributed by atoms with E-state index in [4.69, 9.17) is 13.3 Å². The van der Waals surface area contributed by atoms with E-state index >= 15 is 0 Å². The summed E-state index contributed by atoms with van der Waals surface area (Å²) in [6.45, 7) is 24.9. The topological polar surface area (TPSA) is 30.9 Å². The van der Waals surface area contributed by atoms with Crippen LogP contribution in [0.25, 0.3) is 0 Å². The van der Waals surface area contributed by atoms with Gasteiger partial charge in [-0.2, -0.15) is 0 Å². The molecule has 0 N–H and O–H groups in total. The lowest BCUT2D eigenvalue weighted by Crippen LogP contribution is -2.73. The van der Waals surface area contributed by atoms with Gasteiger partial charge in [-0.25, -0.2) is 0 Å². The summed E-state index contributed by atoms with van der Waals surface area (Å²) >= 11 is 0. The largest absolute Gasteiger partial charge is 0.517 e. The van der Waals surface area contributed by atoms with Crippen molar-refractivity contribution in [3.05, 3.63) is 0 Å². The first-order valence-corrected chi connectivity index (χ1v) is 17.4. The van der Waals surface area contributed by atoms with Crippen LogP contribution in [0, 0.1) is 0 Å². The minimum Gasteiger partial charge on any atom is -0.373 e. The smallest absolute Gasteiger partial charge is 0.373 e. The first kappa shape index (κ1) is 22.5. The van der Waals surface area contributed by atoms with E-state index in [1.54, 1.807) is 0 Å². The fourth-order valence-corrected chi connectivity index (χ4v) is 20.0. The van der Waals surface area contributed by atoms with E-state index < -0.39 is 25.3 Å². The Hall–Kier alpha value is 0.491. The molecule has 0 aromatic heterocycles. The molecule has 7 heteroatoms. The van der Waals surface area contributed by atoms with Gasteiger partial charge in [-0.15, -0.1) is 0 Å². The van der Waals surface area contributed by atoms with Crippen molar-refractivity contribution < 1.29 is 13.3 Å². The Labute approximate surface area is 142 Å². The maximum Gasteiger partial charge on any atom is 0.517 e. The zero-order valence-corrected chi connectivity index (χ0v) is 19.6. The molecule has 0 saturated carbocycles. The average Bonchev–Trinajstić information content (AvgIpc) is 2.33. The molecule has 0 spiro atoms. The Morgan fingerprint density at radius 2 is 1.00 bits per heavy atom. The Bertz CT molecular complexity index is 285. The highest BCUT2D eigenvalue weighted by atomic mass is 28.4. The summed E-state index contributed by atoms with van der Waals surface area (Å²) in [6, 6.07) is 0. The molecule has 0 amide bonds. The molecule has 22 heavy (non-hydrogen) atoms. The first-order chi connectivity index (χ1) is 10.00. The van der Waals surface area contributed by atoms with Crippen LogP contribution < -0.4 is 0 Å². The van der Waals surface area contributed by atoms with Gasteiger partial charge >= 0.3 is 8.80 Å². The maximum atomic E-state index is 6.23. The van der Waals surface area contributed by atoms with E-state index in [2.05, 4.69) is 50.4 Å². The van der Waals surface area contributed by atoms with Crippen LogP contribution in [0.5, 0.6) is 0 Å². The van der Waals surface area contributed by atoms with Crippen molar-refractivity contribution in [1.29, 1.82) is 0 Å². The van der Waals surface area contributed by atoms with E-state index in [9.17, 15) is 0 Å². The molecular weight excluding hydrogens is 326 g/mol. The first-order valence-electron chi connectivity index (χ1n) is 8.71. The third kappa shape index (κ3) is 5.85. The fourth-order valence-electron chi connectivity index (χ4n) is 3.55. The van der Waals surface area contributed by atoms with E-state index in [-0.39, 0.29) is 5.67 Å². The summed E-state index contributed by atoms with van der Waals surface area (Å²) in [5, 5.41) is 0. The Balaban J connectivity index is 5.96. The van der Waals surface area contributed by atoms with Gasteiger partial charge in [-0.05, 0) is 27.2 Å². The summed E-state index contributed by atoms with van der Waals surface area (Å²) in [6.07, 6.45) is 1.01. The second kappa shape index (κ2) is 9.10. The normalized spacial score (nSPS) is 15.4. The van der Waals surface area contributed by atoms with Crippen molar-refractivity contribution in [2.45, 2.75) is 79.1 Å².